The zero-order chi connectivity index (χ0) is 21.8. The van der Waals surface area contributed by atoms with E-state index in [-0.39, 0.29) is 30.2 Å². The summed E-state index contributed by atoms with van der Waals surface area (Å²) in [4.78, 5) is 0. The molecule has 1 aliphatic heterocycles. The minimum absolute atomic E-state index is 0. The first kappa shape index (κ1) is 24.0. The van der Waals surface area contributed by atoms with Gasteiger partial charge in [0.25, 0.3) is 5.82 Å². The molecule has 1 saturated heterocycles. The molecule has 1 aromatic heterocycles. The van der Waals surface area contributed by atoms with Crippen molar-refractivity contribution in [3.05, 3.63) is 65.5 Å². The minimum Gasteiger partial charge on any atom is -0.496 e. The fourth-order valence-electron chi connectivity index (χ4n) is 3.93. The van der Waals surface area contributed by atoms with E-state index < -0.39 is 12.0 Å². The molecule has 7 nitrogen and oxygen atoms in total. The van der Waals surface area contributed by atoms with Gasteiger partial charge in [0, 0.05) is 24.2 Å². The summed E-state index contributed by atoms with van der Waals surface area (Å²) in [6.45, 7) is 1.37. The van der Waals surface area contributed by atoms with Crippen molar-refractivity contribution in [3.8, 4) is 11.4 Å². The number of hydrogen-bond donors (Lipinski definition) is 2. The van der Waals surface area contributed by atoms with Gasteiger partial charge in [-0.2, -0.15) is 17.9 Å². The van der Waals surface area contributed by atoms with Crippen molar-refractivity contribution in [2.75, 3.05) is 13.7 Å². The molecule has 4 rings (SSSR count). The average Bonchev–Trinajstić information content (AvgIpc) is 3.29. The Morgan fingerprint density at radius 3 is 2.69 bits per heavy atom. The summed E-state index contributed by atoms with van der Waals surface area (Å²) in [6, 6.07) is 15.3. The first-order chi connectivity index (χ1) is 15.0. The first-order valence-corrected chi connectivity index (χ1v) is 10.0. The van der Waals surface area contributed by atoms with Gasteiger partial charge in [0.05, 0.1) is 12.8 Å². The van der Waals surface area contributed by atoms with E-state index in [2.05, 4.69) is 38.3 Å². The molecular weight excluding hydrogens is 445 g/mol. The molecular formula is C21H24ClF3N6O. The van der Waals surface area contributed by atoms with E-state index in [9.17, 15) is 13.2 Å². The monoisotopic (exact) mass is 468 g/mol. The van der Waals surface area contributed by atoms with Crippen molar-refractivity contribution in [2.45, 2.75) is 37.6 Å². The molecule has 2 heterocycles. The third-order valence-electron chi connectivity index (χ3n) is 5.40. The molecule has 0 radical (unpaired) electrons. The molecule has 2 aromatic carbocycles. The fraction of sp³-hybridized carbons (Fsp3) is 0.381. The topological polar surface area (TPSA) is 76.9 Å². The van der Waals surface area contributed by atoms with Crippen LogP contribution in [0.5, 0.6) is 5.75 Å². The van der Waals surface area contributed by atoms with E-state index in [1.807, 2.05) is 18.2 Å². The number of benzene rings is 2. The van der Waals surface area contributed by atoms with Crippen LogP contribution in [0.1, 0.15) is 35.8 Å². The van der Waals surface area contributed by atoms with E-state index in [0.29, 0.717) is 17.0 Å². The highest BCUT2D eigenvalue weighted by Gasteiger charge is 2.38. The lowest BCUT2D eigenvalue weighted by atomic mass is 9.92. The average molecular weight is 469 g/mol. The molecule has 2 N–H and O–H groups in total. The van der Waals surface area contributed by atoms with Crippen LogP contribution in [0.15, 0.2) is 48.5 Å². The van der Waals surface area contributed by atoms with Crippen LogP contribution in [0, 0.1) is 0 Å². The number of rotatable bonds is 6. The molecule has 0 bridgehead atoms. The highest BCUT2D eigenvalue weighted by molar-refractivity contribution is 5.85. The molecule has 3 aromatic rings. The van der Waals surface area contributed by atoms with Gasteiger partial charge in [-0.25, -0.2) is 0 Å². The lowest BCUT2D eigenvalue weighted by molar-refractivity contribution is -0.146. The van der Waals surface area contributed by atoms with Crippen LogP contribution in [0.3, 0.4) is 0 Å². The molecule has 0 amide bonds. The maximum absolute atomic E-state index is 13.2. The normalized spacial score (nSPS) is 18.8. The van der Waals surface area contributed by atoms with Crippen LogP contribution >= 0.6 is 12.4 Å². The number of hydrogen-bond acceptors (Lipinski definition) is 6. The predicted octanol–water partition coefficient (Wildman–Crippen LogP) is 3.69. The smallest absolute Gasteiger partial charge is 0.453 e. The number of nitrogens with zero attached hydrogens (tertiary/aromatic N) is 4. The van der Waals surface area contributed by atoms with Gasteiger partial charge in [-0.15, -0.1) is 17.5 Å². The van der Waals surface area contributed by atoms with Crippen LogP contribution < -0.4 is 15.4 Å². The Kier molecular flexibility index (Phi) is 7.70. The summed E-state index contributed by atoms with van der Waals surface area (Å²) in [6.07, 6.45) is -2.63. The third kappa shape index (κ3) is 5.20. The number of ether oxygens (including phenoxy) is 1. The number of halogens is 4. The summed E-state index contributed by atoms with van der Waals surface area (Å²) in [7, 11) is 1.53. The summed E-state index contributed by atoms with van der Waals surface area (Å²) in [5.41, 5.74) is 2.14. The molecule has 0 aliphatic carbocycles. The number of piperidine rings is 1. The van der Waals surface area contributed by atoms with Gasteiger partial charge in [0.2, 0.25) is 0 Å². The number of methoxy groups -OCH3 is 1. The maximum atomic E-state index is 13.2. The van der Waals surface area contributed by atoms with E-state index in [4.69, 9.17) is 4.74 Å². The first-order valence-electron chi connectivity index (χ1n) is 10.0. The Labute approximate surface area is 189 Å². The van der Waals surface area contributed by atoms with Crippen molar-refractivity contribution in [3.63, 3.8) is 0 Å². The Morgan fingerprint density at radius 2 is 1.97 bits per heavy atom. The zero-order valence-electron chi connectivity index (χ0n) is 17.3. The fourth-order valence-corrected chi connectivity index (χ4v) is 3.93. The van der Waals surface area contributed by atoms with Crippen LogP contribution in [-0.2, 0) is 12.7 Å². The third-order valence-corrected chi connectivity index (χ3v) is 5.40. The van der Waals surface area contributed by atoms with Crippen molar-refractivity contribution in [1.29, 1.82) is 0 Å². The number of alkyl halides is 3. The summed E-state index contributed by atoms with van der Waals surface area (Å²) in [5, 5.41) is 16.9. The molecule has 11 heteroatoms. The predicted molar refractivity (Wildman–Crippen MR) is 115 cm³/mol. The highest BCUT2D eigenvalue weighted by atomic mass is 35.5. The zero-order valence-corrected chi connectivity index (χ0v) is 18.2. The maximum Gasteiger partial charge on any atom is 0.453 e. The second-order valence-electron chi connectivity index (χ2n) is 7.38. The molecule has 2 atom stereocenters. The standard InChI is InChI=1S/C21H23F3N6O.ClH/c1-31-18-10-9-16(30-20(21(22,23)24)27-28-29-30)12-15(18)13-26-17-8-5-11-25-19(17)14-6-3-2-4-7-14;/h2-4,6-7,9-10,12,17,19,25-26H,5,8,11,13H2,1H3;1H/t17-,19-;/m0./s1. The summed E-state index contributed by atoms with van der Waals surface area (Å²) < 4.78 is 45.7. The summed E-state index contributed by atoms with van der Waals surface area (Å²) >= 11 is 0. The van der Waals surface area contributed by atoms with Crippen LogP contribution in [0.2, 0.25) is 0 Å². The Balaban J connectivity index is 0.00000289. The van der Waals surface area contributed by atoms with E-state index in [0.717, 1.165) is 24.9 Å². The lowest BCUT2D eigenvalue weighted by Gasteiger charge is -2.34. The lowest BCUT2D eigenvalue weighted by Crippen LogP contribution is -2.45. The second-order valence-corrected chi connectivity index (χ2v) is 7.38. The Hall–Kier alpha value is -2.69. The van der Waals surface area contributed by atoms with Crippen molar-refractivity contribution in [1.82, 2.24) is 30.8 Å². The van der Waals surface area contributed by atoms with Gasteiger partial charge in [-0.05, 0) is 53.6 Å². The van der Waals surface area contributed by atoms with Crippen LogP contribution in [-0.4, -0.2) is 39.9 Å². The Morgan fingerprint density at radius 1 is 1.19 bits per heavy atom. The quantitative estimate of drug-likeness (QED) is 0.574. The molecule has 0 unspecified atom stereocenters. The van der Waals surface area contributed by atoms with Crippen LogP contribution in [0.25, 0.3) is 5.69 Å². The molecule has 32 heavy (non-hydrogen) atoms. The number of aromatic nitrogens is 4. The second kappa shape index (κ2) is 10.3. The molecule has 0 spiro atoms. The van der Waals surface area contributed by atoms with Crippen LogP contribution in [0.4, 0.5) is 13.2 Å². The molecule has 172 valence electrons. The largest absolute Gasteiger partial charge is 0.496 e. The molecule has 1 aliphatic rings. The molecule has 0 saturated carbocycles. The van der Waals surface area contributed by atoms with Crippen molar-refractivity contribution >= 4 is 12.4 Å². The molecule has 1 fully saturated rings. The summed E-state index contributed by atoms with van der Waals surface area (Å²) in [5.74, 6) is -0.588. The van der Waals surface area contributed by atoms with E-state index in [1.165, 1.54) is 18.7 Å². The minimum atomic E-state index is -4.65. The number of nitrogens with one attached hydrogen (secondary N) is 2. The van der Waals surface area contributed by atoms with Crippen molar-refractivity contribution < 1.29 is 17.9 Å². The Bertz CT molecular complexity index is 1010. The van der Waals surface area contributed by atoms with Gasteiger partial charge < -0.3 is 15.4 Å². The van der Waals surface area contributed by atoms with Gasteiger partial charge >= 0.3 is 6.18 Å². The van der Waals surface area contributed by atoms with Gasteiger partial charge in [0.1, 0.15) is 5.75 Å². The van der Waals surface area contributed by atoms with Gasteiger partial charge in [0.15, 0.2) is 0 Å². The van der Waals surface area contributed by atoms with E-state index >= 15 is 0 Å². The van der Waals surface area contributed by atoms with E-state index in [1.54, 1.807) is 12.1 Å². The highest BCUT2D eigenvalue weighted by Crippen LogP contribution is 2.30. The van der Waals surface area contributed by atoms with Gasteiger partial charge in [-0.3, -0.25) is 0 Å². The SMILES string of the molecule is COc1ccc(-n2nnnc2C(F)(F)F)cc1CN[C@H]1CCCN[C@H]1c1ccccc1.Cl. The van der Waals surface area contributed by atoms with Crippen molar-refractivity contribution in [2.24, 2.45) is 0 Å². The van der Waals surface area contributed by atoms with Gasteiger partial charge in [-0.1, -0.05) is 30.3 Å². The number of tetrazole rings is 1.